The van der Waals surface area contributed by atoms with Gasteiger partial charge in [-0.15, -0.1) is 0 Å². The summed E-state index contributed by atoms with van der Waals surface area (Å²) in [5.74, 6) is 0.908. The monoisotopic (exact) mass is 430 g/mol. The molecule has 0 aliphatic rings. The average Bonchev–Trinajstić information content (AvgIpc) is 3.22. The molecule has 2 aromatic carbocycles. The first kappa shape index (κ1) is 19.6. The smallest absolute Gasteiger partial charge is 0.165 e. The number of halogens is 1. The van der Waals surface area contributed by atoms with Crippen molar-refractivity contribution in [2.75, 3.05) is 5.32 Å². The van der Waals surface area contributed by atoms with Crippen molar-refractivity contribution in [3.63, 3.8) is 0 Å². The first-order chi connectivity index (χ1) is 14.9. The van der Waals surface area contributed by atoms with Gasteiger partial charge in [-0.05, 0) is 56.2 Å². The molecule has 0 saturated heterocycles. The Labute approximate surface area is 185 Å². The van der Waals surface area contributed by atoms with Gasteiger partial charge in [0.05, 0.1) is 16.9 Å². The van der Waals surface area contributed by atoms with Crippen LogP contribution in [0.4, 0.5) is 5.82 Å². The van der Waals surface area contributed by atoms with Crippen LogP contribution in [0.25, 0.3) is 27.7 Å². The van der Waals surface area contributed by atoms with Crippen molar-refractivity contribution in [1.29, 1.82) is 0 Å². The highest BCUT2D eigenvalue weighted by Crippen LogP contribution is 2.32. The standard InChI is InChI=1S/C24H23ClN6/c1-14-11-22(26-13-17-5-8-19(25)9-6-17)31-24(27-14)23(16(3)29-31)18-7-10-21-20(12-18)15(2)28-30(21)4/h5-12,26H,13H2,1-4H3. The van der Waals surface area contributed by atoms with Gasteiger partial charge in [-0.2, -0.15) is 14.7 Å². The highest BCUT2D eigenvalue weighted by molar-refractivity contribution is 6.30. The molecule has 5 rings (SSSR count). The zero-order valence-corrected chi connectivity index (χ0v) is 18.7. The molecule has 3 aromatic heterocycles. The maximum Gasteiger partial charge on any atom is 0.165 e. The molecule has 6 nitrogen and oxygen atoms in total. The Morgan fingerprint density at radius 2 is 1.71 bits per heavy atom. The van der Waals surface area contributed by atoms with Crippen LogP contribution in [-0.4, -0.2) is 24.4 Å². The quantitative estimate of drug-likeness (QED) is 0.410. The van der Waals surface area contributed by atoms with E-state index in [2.05, 4.69) is 28.6 Å². The van der Waals surface area contributed by atoms with Gasteiger partial charge in [-0.3, -0.25) is 4.68 Å². The summed E-state index contributed by atoms with van der Waals surface area (Å²) < 4.78 is 3.81. The number of benzene rings is 2. The molecule has 0 atom stereocenters. The van der Waals surface area contributed by atoms with E-state index in [1.54, 1.807) is 0 Å². The van der Waals surface area contributed by atoms with Crippen molar-refractivity contribution in [2.45, 2.75) is 27.3 Å². The first-order valence-electron chi connectivity index (χ1n) is 10.2. The van der Waals surface area contributed by atoms with E-state index >= 15 is 0 Å². The molecular weight excluding hydrogens is 408 g/mol. The predicted octanol–water partition coefficient (Wildman–Crippen LogP) is 5.47. The highest BCUT2D eigenvalue weighted by atomic mass is 35.5. The average molecular weight is 431 g/mol. The van der Waals surface area contributed by atoms with Crippen LogP contribution in [0.2, 0.25) is 5.02 Å². The second-order valence-electron chi connectivity index (χ2n) is 7.90. The lowest BCUT2D eigenvalue weighted by molar-refractivity contribution is 0.783. The SMILES string of the molecule is Cc1cc(NCc2ccc(Cl)cc2)n2nc(C)c(-c3ccc4c(c3)c(C)nn4C)c2n1. The molecule has 0 unspecified atom stereocenters. The predicted molar refractivity (Wildman–Crippen MR) is 126 cm³/mol. The second kappa shape index (κ2) is 7.39. The third-order valence-electron chi connectivity index (χ3n) is 5.60. The van der Waals surface area contributed by atoms with Crippen molar-refractivity contribution >= 4 is 34.0 Å². The van der Waals surface area contributed by atoms with E-state index in [0.717, 1.165) is 61.2 Å². The van der Waals surface area contributed by atoms with Crippen LogP contribution >= 0.6 is 11.6 Å². The Hall–Kier alpha value is -3.38. The van der Waals surface area contributed by atoms with Crippen LogP contribution in [0.15, 0.2) is 48.5 Å². The molecule has 0 spiro atoms. The molecule has 0 bridgehead atoms. The third-order valence-corrected chi connectivity index (χ3v) is 5.85. The molecule has 0 aliphatic heterocycles. The maximum atomic E-state index is 6.01. The van der Waals surface area contributed by atoms with Crippen molar-refractivity contribution in [3.8, 4) is 11.1 Å². The minimum Gasteiger partial charge on any atom is -0.366 e. The van der Waals surface area contributed by atoms with E-state index in [0.29, 0.717) is 6.54 Å². The molecule has 156 valence electrons. The Morgan fingerprint density at radius 3 is 2.48 bits per heavy atom. The minimum absolute atomic E-state index is 0.671. The van der Waals surface area contributed by atoms with Crippen LogP contribution in [0, 0.1) is 20.8 Å². The minimum atomic E-state index is 0.671. The lowest BCUT2D eigenvalue weighted by Gasteiger charge is -2.10. The lowest BCUT2D eigenvalue weighted by Crippen LogP contribution is -2.06. The van der Waals surface area contributed by atoms with Crippen LogP contribution in [0.3, 0.4) is 0 Å². The second-order valence-corrected chi connectivity index (χ2v) is 8.34. The zero-order valence-electron chi connectivity index (χ0n) is 17.9. The van der Waals surface area contributed by atoms with Gasteiger partial charge in [0, 0.05) is 41.3 Å². The van der Waals surface area contributed by atoms with Crippen LogP contribution in [-0.2, 0) is 13.6 Å². The number of aryl methyl sites for hydroxylation is 4. The van der Waals surface area contributed by atoms with E-state index in [4.69, 9.17) is 21.7 Å². The number of nitrogens with zero attached hydrogens (tertiary/aromatic N) is 5. The summed E-state index contributed by atoms with van der Waals surface area (Å²) >= 11 is 6.01. The fourth-order valence-corrected chi connectivity index (χ4v) is 4.23. The molecule has 0 amide bonds. The van der Waals surface area contributed by atoms with Gasteiger partial charge in [-0.25, -0.2) is 4.98 Å². The van der Waals surface area contributed by atoms with Gasteiger partial charge >= 0.3 is 0 Å². The van der Waals surface area contributed by atoms with E-state index in [-0.39, 0.29) is 0 Å². The van der Waals surface area contributed by atoms with E-state index in [9.17, 15) is 0 Å². The highest BCUT2D eigenvalue weighted by Gasteiger charge is 2.17. The third kappa shape index (κ3) is 3.43. The van der Waals surface area contributed by atoms with Crippen molar-refractivity contribution in [2.24, 2.45) is 7.05 Å². The molecule has 0 radical (unpaired) electrons. The van der Waals surface area contributed by atoms with Crippen LogP contribution < -0.4 is 5.32 Å². The zero-order chi connectivity index (χ0) is 21.7. The topological polar surface area (TPSA) is 60.0 Å². The fourth-order valence-electron chi connectivity index (χ4n) is 4.10. The normalized spacial score (nSPS) is 11.5. The molecule has 7 heteroatoms. The Bertz CT molecular complexity index is 1430. The molecule has 1 N–H and O–H groups in total. The summed E-state index contributed by atoms with van der Waals surface area (Å²) in [7, 11) is 1.97. The van der Waals surface area contributed by atoms with E-state index in [1.807, 2.05) is 67.3 Å². The van der Waals surface area contributed by atoms with Gasteiger partial charge in [0.2, 0.25) is 0 Å². The number of aromatic nitrogens is 5. The molecule has 0 fully saturated rings. The number of rotatable bonds is 4. The first-order valence-corrected chi connectivity index (χ1v) is 10.6. The Balaban J connectivity index is 1.59. The van der Waals surface area contributed by atoms with Crippen LogP contribution in [0.5, 0.6) is 0 Å². The number of nitrogens with one attached hydrogen (secondary N) is 1. The van der Waals surface area contributed by atoms with E-state index < -0.39 is 0 Å². The van der Waals surface area contributed by atoms with Gasteiger partial charge in [0.1, 0.15) is 5.82 Å². The molecule has 0 aliphatic carbocycles. The summed E-state index contributed by atoms with van der Waals surface area (Å²) in [6.45, 7) is 6.75. The summed E-state index contributed by atoms with van der Waals surface area (Å²) in [4.78, 5) is 4.83. The van der Waals surface area contributed by atoms with Crippen molar-refractivity contribution in [1.82, 2.24) is 24.4 Å². The molecule has 3 heterocycles. The van der Waals surface area contributed by atoms with Gasteiger partial charge in [-0.1, -0.05) is 29.8 Å². The number of fused-ring (bicyclic) bond motifs is 2. The van der Waals surface area contributed by atoms with Gasteiger partial charge in [0.25, 0.3) is 0 Å². The molecule has 0 saturated carbocycles. The number of anilines is 1. The Morgan fingerprint density at radius 1 is 0.935 bits per heavy atom. The summed E-state index contributed by atoms with van der Waals surface area (Å²) in [6, 6.07) is 16.3. The number of hydrogen-bond donors (Lipinski definition) is 1. The maximum absolute atomic E-state index is 6.01. The van der Waals surface area contributed by atoms with Crippen molar-refractivity contribution < 1.29 is 0 Å². The van der Waals surface area contributed by atoms with Crippen LogP contribution in [0.1, 0.15) is 22.6 Å². The summed E-state index contributed by atoms with van der Waals surface area (Å²) in [6.07, 6.45) is 0. The van der Waals surface area contributed by atoms with Gasteiger partial charge < -0.3 is 5.32 Å². The molecule has 5 aromatic rings. The Kier molecular flexibility index (Phi) is 4.67. The molecule has 31 heavy (non-hydrogen) atoms. The lowest BCUT2D eigenvalue weighted by atomic mass is 10.0. The molecular formula is C24H23ClN6. The van der Waals surface area contributed by atoms with Gasteiger partial charge in [0.15, 0.2) is 5.65 Å². The largest absolute Gasteiger partial charge is 0.366 e. The fraction of sp³-hybridized carbons (Fsp3) is 0.208. The summed E-state index contributed by atoms with van der Waals surface area (Å²) in [5.41, 5.74) is 8.14. The summed E-state index contributed by atoms with van der Waals surface area (Å²) in [5, 5.41) is 14.7. The van der Waals surface area contributed by atoms with E-state index in [1.165, 1.54) is 0 Å². The van der Waals surface area contributed by atoms with Crippen molar-refractivity contribution in [3.05, 3.63) is 76.2 Å². The number of hydrogen-bond acceptors (Lipinski definition) is 4.